The molecule has 0 aromatic heterocycles. The Hall–Kier alpha value is -2.40. The van der Waals surface area contributed by atoms with Gasteiger partial charge in [-0.15, -0.1) is 0 Å². The van der Waals surface area contributed by atoms with Gasteiger partial charge in [-0.2, -0.15) is 0 Å². The van der Waals surface area contributed by atoms with Crippen molar-refractivity contribution in [2.75, 3.05) is 19.8 Å². The third-order valence-corrected chi connectivity index (χ3v) is 12.5. The molecule has 0 N–H and O–H groups in total. The molecule has 0 heterocycles. The van der Waals surface area contributed by atoms with E-state index in [1.807, 2.05) is 0 Å². The zero-order valence-corrected chi connectivity index (χ0v) is 44.2. The number of allylic oxidation sites excluding steroid dienone is 10. The van der Waals surface area contributed by atoms with Crippen LogP contribution in [-0.2, 0) is 23.8 Å². The number of esters is 2. The van der Waals surface area contributed by atoms with E-state index in [0.29, 0.717) is 19.4 Å². The topological polar surface area (TPSA) is 61.8 Å². The molecule has 0 spiro atoms. The van der Waals surface area contributed by atoms with Crippen LogP contribution in [-0.4, -0.2) is 37.9 Å². The maximum Gasteiger partial charge on any atom is 0.306 e. The Kier molecular flexibility index (Phi) is 54.9. The zero-order chi connectivity index (χ0) is 47.7. The van der Waals surface area contributed by atoms with Crippen LogP contribution in [0.25, 0.3) is 0 Å². The first-order valence-electron chi connectivity index (χ1n) is 28.8. The van der Waals surface area contributed by atoms with Crippen molar-refractivity contribution in [3.05, 3.63) is 60.8 Å². The van der Waals surface area contributed by atoms with Crippen LogP contribution in [0.4, 0.5) is 0 Å². The number of hydrogen-bond donors (Lipinski definition) is 0. The minimum absolute atomic E-state index is 0.0777. The van der Waals surface area contributed by atoms with Gasteiger partial charge in [0.2, 0.25) is 0 Å². The second-order valence-corrected chi connectivity index (χ2v) is 19.2. The molecule has 0 aromatic carbocycles. The van der Waals surface area contributed by atoms with E-state index in [1.165, 1.54) is 180 Å². The Bertz CT molecular complexity index is 1130. The van der Waals surface area contributed by atoms with E-state index in [0.717, 1.165) is 77.0 Å². The number of carbonyl (C=O) groups is 2. The highest BCUT2D eigenvalue weighted by Crippen LogP contribution is 2.16. The second-order valence-electron chi connectivity index (χ2n) is 19.2. The van der Waals surface area contributed by atoms with Gasteiger partial charge in [-0.1, -0.05) is 255 Å². The number of unbranched alkanes of at least 4 members (excludes halogenated alkanes) is 32. The Morgan fingerprint density at radius 1 is 0.348 bits per heavy atom. The summed E-state index contributed by atoms with van der Waals surface area (Å²) in [5, 5.41) is 0. The van der Waals surface area contributed by atoms with Gasteiger partial charge in [0.1, 0.15) is 6.61 Å². The lowest BCUT2D eigenvalue weighted by atomic mass is 10.0. The van der Waals surface area contributed by atoms with E-state index >= 15 is 0 Å². The summed E-state index contributed by atoms with van der Waals surface area (Å²) in [6.07, 6.45) is 72.4. The average molecular weight is 924 g/mol. The van der Waals surface area contributed by atoms with Gasteiger partial charge < -0.3 is 14.2 Å². The molecule has 0 saturated heterocycles. The third kappa shape index (κ3) is 54.2. The first-order valence-corrected chi connectivity index (χ1v) is 28.8. The highest BCUT2D eigenvalue weighted by atomic mass is 16.6. The largest absolute Gasteiger partial charge is 0.462 e. The van der Waals surface area contributed by atoms with E-state index in [4.69, 9.17) is 14.2 Å². The number of rotatable bonds is 53. The summed E-state index contributed by atoms with van der Waals surface area (Å²) in [4.78, 5) is 25.5. The number of ether oxygens (including phenoxy) is 3. The van der Waals surface area contributed by atoms with Crippen LogP contribution in [0, 0.1) is 0 Å². The molecule has 1 atom stereocenters. The molecule has 66 heavy (non-hydrogen) atoms. The molecule has 384 valence electrons. The molecule has 0 saturated carbocycles. The minimum Gasteiger partial charge on any atom is -0.462 e. The van der Waals surface area contributed by atoms with Crippen molar-refractivity contribution >= 4 is 11.9 Å². The fourth-order valence-electron chi connectivity index (χ4n) is 8.26. The predicted octanol–water partition coefficient (Wildman–Crippen LogP) is 19.7. The third-order valence-electron chi connectivity index (χ3n) is 12.5. The summed E-state index contributed by atoms with van der Waals surface area (Å²) < 4.78 is 17.5. The molecule has 0 aliphatic rings. The number of hydrogen-bond acceptors (Lipinski definition) is 5. The predicted molar refractivity (Wildman–Crippen MR) is 288 cm³/mol. The van der Waals surface area contributed by atoms with Gasteiger partial charge >= 0.3 is 11.9 Å². The van der Waals surface area contributed by atoms with Crippen molar-refractivity contribution < 1.29 is 23.8 Å². The van der Waals surface area contributed by atoms with E-state index < -0.39 is 6.10 Å². The Balaban J connectivity index is 4.28. The smallest absolute Gasteiger partial charge is 0.306 e. The Labute approximate surface area is 411 Å². The van der Waals surface area contributed by atoms with Gasteiger partial charge in [-0.3, -0.25) is 9.59 Å². The van der Waals surface area contributed by atoms with Gasteiger partial charge in [0.05, 0.1) is 6.61 Å². The van der Waals surface area contributed by atoms with E-state index in [9.17, 15) is 9.59 Å². The van der Waals surface area contributed by atoms with Gasteiger partial charge in [0, 0.05) is 19.4 Å². The molecule has 0 aromatic rings. The molecule has 1 unspecified atom stereocenters. The molecular weight excluding hydrogens is 813 g/mol. The van der Waals surface area contributed by atoms with Gasteiger partial charge in [-0.25, -0.2) is 0 Å². The molecule has 5 heteroatoms. The maximum atomic E-state index is 12.9. The average Bonchev–Trinajstić information content (AvgIpc) is 3.32. The van der Waals surface area contributed by atoms with Crippen LogP contribution >= 0.6 is 0 Å². The van der Waals surface area contributed by atoms with Gasteiger partial charge in [-0.05, 0) is 83.5 Å². The van der Waals surface area contributed by atoms with Crippen LogP contribution in [0.15, 0.2) is 60.8 Å². The van der Waals surface area contributed by atoms with Crippen molar-refractivity contribution in [2.45, 2.75) is 297 Å². The van der Waals surface area contributed by atoms with Crippen molar-refractivity contribution in [1.82, 2.24) is 0 Å². The molecule has 5 nitrogen and oxygen atoms in total. The van der Waals surface area contributed by atoms with E-state index in [2.05, 4.69) is 81.5 Å². The SMILES string of the molecule is CC/C=C\C/C=C\C/C=C\CCCCCCCCCC(=O)OCC(COCCCCCCCC/C=C\C/C=C\CCCCC)OC(=O)CCCCCCCCCCCCCCCCCCC. The Morgan fingerprint density at radius 3 is 1.12 bits per heavy atom. The molecule has 0 radical (unpaired) electrons. The standard InChI is InChI=1S/C61H110O5/c1-4-7-10-13-16-19-22-25-28-31-33-36-39-42-45-48-51-54-60(62)65-58-59(57-64-56-53-50-47-44-41-38-35-30-27-24-21-18-15-12-9-6-3)66-61(63)55-52-49-46-43-40-37-34-32-29-26-23-20-17-14-11-8-5-2/h7,10,16,18-19,21,25,27-28,30,59H,4-6,8-9,11-15,17,20,22-24,26,29,31-58H2,1-3H3/b10-7-,19-16-,21-18-,28-25-,30-27-. The molecule has 0 aliphatic carbocycles. The van der Waals surface area contributed by atoms with Crippen molar-refractivity contribution in [1.29, 1.82) is 0 Å². The highest BCUT2D eigenvalue weighted by Gasteiger charge is 2.17. The van der Waals surface area contributed by atoms with Crippen LogP contribution in [0.1, 0.15) is 290 Å². The van der Waals surface area contributed by atoms with Crippen molar-refractivity contribution in [3.63, 3.8) is 0 Å². The summed E-state index contributed by atoms with van der Waals surface area (Å²) in [5.74, 6) is -0.401. The van der Waals surface area contributed by atoms with Crippen molar-refractivity contribution in [3.8, 4) is 0 Å². The van der Waals surface area contributed by atoms with Crippen LogP contribution < -0.4 is 0 Å². The normalized spacial score (nSPS) is 12.6. The summed E-state index contributed by atoms with van der Waals surface area (Å²) in [5.41, 5.74) is 0. The van der Waals surface area contributed by atoms with Gasteiger partial charge in [0.25, 0.3) is 0 Å². The van der Waals surface area contributed by atoms with Crippen LogP contribution in [0.5, 0.6) is 0 Å². The summed E-state index contributed by atoms with van der Waals surface area (Å²) in [6.45, 7) is 7.71. The highest BCUT2D eigenvalue weighted by molar-refractivity contribution is 5.70. The summed E-state index contributed by atoms with van der Waals surface area (Å²) >= 11 is 0. The van der Waals surface area contributed by atoms with Crippen LogP contribution in [0.3, 0.4) is 0 Å². The molecule has 0 bridgehead atoms. The summed E-state index contributed by atoms with van der Waals surface area (Å²) in [6, 6.07) is 0. The fourth-order valence-corrected chi connectivity index (χ4v) is 8.26. The fraction of sp³-hybridized carbons (Fsp3) is 0.803. The van der Waals surface area contributed by atoms with Crippen LogP contribution in [0.2, 0.25) is 0 Å². The molecule has 0 amide bonds. The minimum atomic E-state index is -0.545. The monoisotopic (exact) mass is 923 g/mol. The maximum absolute atomic E-state index is 12.9. The van der Waals surface area contributed by atoms with Gasteiger partial charge in [0.15, 0.2) is 6.10 Å². The lowest BCUT2D eigenvalue weighted by molar-refractivity contribution is -0.163. The molecule has 0 aliphatic heterocycles. The second kappa shape index (κ2) is 56.9. The lowest BCUT2D eigenvalue weighted by Crippen LogP contribution is -2.30. The molecule has 0 rings (SSSR count). The Morgan fingerprint density at radius 2 is 0.682 bits per heavy atom. The van der Waals surface area contributed by atoms with E-state index in [-0.39, 0.29) is 25.2 Å². The first kappa shape index (κ1) is 63.6. The first-order chi connectivity index (χ1) is 32.6. The number of carbonyl (C=O) groups excluding carboxylic acids is 2. The molecular formula is C61H110O5. The van der Waals surface area contributed by atoms with Crippen molar-refractivity contribution in [2.24, 2.45) is 0 Å². The molecule has 0 fully saturated rings. The quantitative estimate of drug-likeness (QED) is 0.0346. The summed E-state index contributed by atoms with van der Waals surface area (Å²) in [7, 11) is 0. The lowest BCUT2D eigenvalue weighted by Gasteiger charge is -2.18. The zero-order valence-electron chi connectivity index (χ0n) is 44.2. The van der Waals surface area contributed by atoms with E-state index in [1.54, 1.807) is 0 Å².